The number of anilines is 1. The molecular weight excluding hydrogens is 432 g/mol. The summed E-state index contributed by atoms with van der Waals surface area (Å²) in [7, 11) is -3.76. The number of halogens is 4. The maximum absolute atomic E-state index is 14.1. The highest BCUT2D eigenvalue weighted by Gasteiger charge is 2.37. The summed E-state index contributed by atoms with van der Waals surface area (Å²) < 4.78 is 78.6. The zero-order valence-electron chi connectivity index (χ0n) is 15.8. The maximum atomic E-state index is 14.1. The molecule has 31 heavy (non-hydrogen) atoms. The summed E-state index contributed by atoms with van der Waals surface area (Å²) in [6.45, 7) is 0. The molecule has 160 valence electrons. The molecule has 9 heteroatoms. The third-order valence-corrected chi connectivity index (χ3v) is 6.09. The minimum Gasteiger partial charge on any atom is -0.278 e. The van der Waals surface area contributed by atoms with Gasteiger partial charge in [-0.1, -0.05) is 47.2 Å². The van der Waals surface area contributed by atoms with Crippen molar-refractivity contribution in [1.29, 1.82) is 0 Å². The highest BCUT2D eigenvalue weighted by molar-refractivity contribution is 8.25. The smallest absolute Gasteiger partial charge is 0.278 e. The van der Waals surface area contributed by atoms with E-state index in [1.165, 1.54) is 48.5 Å². The van der Waals surface area contributed by atoms with E-state index in [4.69, 9.17) is 0 Å². The summed E-state index contributed by atoms with van der Waals surface area (Å²) in [5.74, 6) is -0.459. The second-order valence-corrected chi connectivity index (χ2v) is 8.52. The van der Waals surface area contributed by atoms with E-state index in [0.717, 1.165) is 6.20 Å². The van der Waals surface area contributed by atoms with E-state index >= 15 is 0 Å². The van der Waals surface area contributed by atoms with Gasteiger partial charge >= 0.3 is 6.18 Å². The first-order valence-corrected chi connectivity index (χ1v) is 10.6. The molecule has 0 bridgehead atoms. The zero-order chi connectivity index (χ0) is 22.2. The van der Waals surface area contributed by atoms with Crippen LogP contribution in [0.5, 0.6) is 0 Å². The van der Waals surface area contributed by atoms with Gasteiger partial charge in [0, 0.05) is 5.39 Å². The number of pyridine rings is 1. The number of hydrogen-bond acceptors (Lipinski definition) is 4. The number of rotatable bonds is 4. The summed E-state index contributed by atoms with van der Waals surface area (Å²) >= 11 is 0. The number of fused-ring (bicyclic) bond motifs is 1. The van der Waals surface area contributed by atoms with Gasteiger partial charge in [0.15, 0.2) is 0 Å². The monoisotopic (exact) mass is 448 g/mol. The fourth-order valence-corrected chi connectivity index (χ4v) is 4.34. The molecule has 0 aliphatic rings. The van der Waals surface area contributed by atoms with Gasteiger partial charge in [0.25, 0.3) is 0 Å². The van der Waals surface area contributed by atoms with Crippen LogP contribution in [0.15, 0.2) is 83.9 Å². The maximum Gasteiger partial charge on any atom is 0.419 e. The van der Waals surface area contributed by atoms with Gasteiger partial charge in [-0.15, -0.1) is 0 Å². The van der Waals surface area contributed by atoms with Crippen molar-refractivity contribution in [3.8, 4) is 11.1 Å². The van der Waals surface area contributed by atoms with Gasteiger partial charge in [0.2, 0.25) is 0 Å². The summed E-state index contributed by atoms with van der Waals surface area (Å²) in [6, 6.07) is 17.2. The van der Waals surface area contributed by atoms with Gasteiger partial charge in [-0.25, -0.2) is 4.39 Å². The van der Waals surface area contributed by atoms with Gasteiger partial charge in [-0.05, 0) is 47.5 Å². The van der Waals surface area contributed by atoms with Gasteiger partial charge in [0.1, 0.15) is 5.82 Å². The largest absolute Gasteiger partial charge is 0.419 e. The lowest BCUT2D eigenvalue weighted by Gasteiger charge is -2.34. The Bertz CT molecular complexity index is 1230. The van der Waals surface area contributed by atoms with Crippen LogP contribution in [0.2, 0.25) is 0 Å². The third kappa shape index (κ3) is 4.34. The second-order valence-electron chi connectivity index (χ2n) is 6.75. The summed E-state index contributed by atoms with van der Waals surface area (Å²) in [5.41, 5.74) is -0.576. The molecule has 0 saturated carbocycles. The van der Waals surface area contributed by atoms with Crippen molar-refractivity contribution >= 4 is 27.4 Å². The van der Waals surface area contributed by atoms with Crippen molar-refractivity contribution in [3.05, 3.63) is 90.4 Å². The average molecular weight is 448 g/mol. The highest BCUT2D eigenvalue weighted by Crippen LogP contribution is 2.50. The van der Waals surface area contributed by atoms with E-state index in [2.05, 4.69) is 9.71 Å². The Morgan fingerprint density at radius 1 is 0.839 bits per heavy atom. The second kappa shape index (κ2) is 7.84. The Morgan fingerprint density at radius 3 is 2.13 bits per heavy atom. The summed E-state index contributed by atoms with van der Waals surface area (Å²) in [6.07, 6.45) is -3.88. The van der Waals surface area contributed by atoms with Crippen LogP contribution in [0.4, 0.5) is 23.2 Å². The van der Waals surface area contributed by atoms with Crippen LogP contribution in [0.1, 0.15) is 5.56 Å². The quantitative estimate of drug-likeness (QED) is 0.289. The molecule has 4 nitrogen and oxygen atoms in total. The zero-order valence-corrected chi connectivity index (χ0v) is 16.6. The molecule has 0 aliphatic heterocycles. The van der Waals surface area contributed by atoms with Crippen LogP contribution in [-0.2, 0) is 6.18 Å². The molecule has 1 heterocycles. The number of benzene rings is 3. The average Bonchev–Trinajstić information content (AvgIpc) is 2.73. The summed E-state index contributed by atoms with van der Waals surface area (Å²) in [5, 5.41) is -0.220. The molecule has 0 amide bonds. The number of nitrogens with zero attached hydrogens (tertiary/aromatic N) is 1. The lowest BCUT2D eigenvalue weighted by atomic mass is 10.00. The predicted octanol–water partition coefficient (Wildman–Crippen LogP) is 7.20. The minimum absolute atomic E-state index is 0.0447. The first kappa shape index (κ1) is 21.1. The first-order valence-electron chi connectivity index (χ1n) is 9.02. The van der Waals surface area contributed by atoms with E-state index in [1.807, 2.05) is 0 Å². The predicted molar refractivity (Wildman–Crippen MR) is 113 cm³/mol. The molecule has 3 aromatic carbocycles. The van der Waals surface area contributed by atoms with Crippen molar-refractivity contribution in [1.82, 2.24) is 4.98 Å². The topological polar surface area (TPSA) is 65.4 Å². The molecule has 0 saturated heterocycles. The Morgan fingerprint density at radius 2 is 1.48 bits per heavy atom. The van der Waals surface area contributed by atoms with Crippen LogP contribution >= 0.6 is 10.8 Å². The Balaban J connectivity index is 1.87. The Hall–Kier alpha value is -3.14. The number of alkyl halides is 3. The molecule has 0 atom stereocenters. The minimum atomic E-state index is -4.81. The van der Waals surface area contributed by atoms with Gasteiger partial charge < -0.3 is 0 Å². The molecule has 4 aromatic rings. The molecule has 0 fully saturated rings. The summed E-state index contributed by atoms with van der Waals surface area (Å²) in [4.78, 5) is 4.10. The van der Waals surface area contributed by atoms with Crippen LogP contribution in [0, 0.1) is 5.82 Å². The van der Waals surface area contributed by atoms with Gasteiger partial charge in [-0.3, -0.25) is 18.8 Å². The van der Waals surface area contributed by atoms with Crippen LogP contribution in [-0.4, -0.2) is 14.1 Å². The van der Waals surface area contributed by atoms with E-state index in [0.29, 0.717) is 11.1 Å². The lowest BCUT2D eigenvalue weighted by Crippen LogP contribution is -2.16. The SMILES string of the molecule is OS(O)(Nc1cnc2ccc(-c3ccc(F)cc3)cc2c1C(F)(F)F)c1ccccc1. The van der Waals surface area contributed by atoms with Crippen LogP contribution in [0.25, 0.3) is 22.0 Å². The first-order chi connectivity index (χ1) is 14.6. The van der Waals surface area contributed by atoms with Crippen LogP contribution in [0.3, 0.4) is 0 Å². The normalized spacial score (nSPS) is 12.7. The number of hydrogen-bond donors (Lipinski definition) is 3. The molecule has 3 N–H and O–H groups in total. The van der Waals surface area contributed by atoms with Gasteiger partial charge in [-0.2, -0.15) is 13.2 Å². The number of nitrogens with one attached hydrogen (secondary N) is 1. The molecule has 0 aliphatic carbocycles. The molecule has 0 unspecified atom stereocenters. The third-order valence-electron chi connectivity index (χ3n) is 4.65. The molecule has 4 rings (SSSR count). The molecular formula is C22H16F4N2O2S. The highest BCUT2D eigenvalue weighted by atomic mass is 32.3. The Labute approximate surface area is 176 Å². The van der Waals surface area contributed by atoms with Crippen molar-refractivity contribution in [3.63, 3.8) is 0 Å². The van der Waals surface area contributed by atoms with E-state index < -0.39 is 34.0 Å². The standard InChI is InChI=1S/C22H16F4N2O2S/c23-16-9-6-14(7-10-16)15-8-11-19-18(12-15)21(22(24,25)26)20(13-27-19)28-31(29,30)17-4-2-1-3-5-17/h1-13,28-30H. The van der Waals surface area contributed by atoms with Crippen molar-refractivity contribution in [2.24, 2.45) is 0 Å². The fourth-order valence-electron chi connectivity index (χ4n) is 3.22. The van der Waals surface area contributed by atoms with Crippen LogP contribution < -0.4 is 4.72 Å². The van der Waals surface area contributed by atoms with Crippen molar-refractivity contribution in [2.45, 2.75) is 11.1 Å². The molecule has 0 radical (unpaired) electrons. The van der Waals surface area contributed by atoms with Crippen molar-refractivity contribution in [2.75, 3.05) is 4.72 Å². The number of aromatic nitrogens is 1. The van der Waals surface area contributed by atoms with E-state index in [9.17, 15) is 26.7 Å². The van der Waals surface area contributed by atoms with E-state index in [-0.39, 0.29) is 15.8 Å². The van der Waals surface area contributed by atoms with Crippen molar-refractivity contribution < 1.29 is 26.7 Å². The van der Waals surface area contributed by atoms with E-state index in [1.54, 1.807) is 24.3 Å². The lowest BCUT2D eigenvalue weighted by molar-refractivity contribution is -0.135. The van der Waals surface area contributed by atoms with Gasteiger partial charge in [0.05, 0.1) is 27.9 Å². The fraction of sp³-hybridized carbons (Fsp3) is 0.0455. The molecule has 1 aromatic heterocycles. The molecule has 0 spiro atoms. The Kier molecular flexibility index (Phi) is 5.34.